The van der Waals surface area contributed by atoms with Gasteiger partial charge in [0.1, 0.15) is 18.5 Å². The van der Waals surface area contributed by atoms with Crippen LogP contribution in [-0.4, -0.2) is 27.4 Å². The van der Waals surface area contributed by atoms with Gasteiger partial charge in [0.25, 0.3) is 0 Å². The lowest BCUT2D eigenvalue weighted by Gasteiger charge is -2.39. The van der Waals surface area contributed by atoms with Crippen LogP contribution in [0.5, 0.6) is 0 Å². The quantitative estimate of drug-likeness (QED) is 0.834. The normalized spacial score (nSPS) is 21.2. The van der Waals surface area contributed by atoms with Gasteiger partial charge in [-0.3, -0.25) is 4.68 Å². The maximum atomic E-state index is 13.4. The largest absolute Gasteiger partial charge is 0.311 e. The van der Waals surface area contributed by atoms with Crippen LogP contribution >= 0.6 is 0 Å². The Bertz CT molecular complexity index is 658. The van der Waals surface area contributed by atoms with Crippen molar-refractivity contribution in [2.24, 2.45) is 5.92 Å². The number of hydrogen-bond donors (Lipinski definition) is 1. The molecular weight excluding hydrogens is 315 g/mol. The average Bonchev–Trinajstić information content (AvgIpc) is 3.36. The second kappa shape index (κ2) is 7.24. The van der Waals surface area contributed by atoms with E-state index in [1.807, 2.05) is 16.8 Å². The molecule has 1 N–H and O–H groups in total. The molecule has 134 valence electrons. The molecule has 0 spiro atoms. The molecule has 5 heteroatoms. The lowest BCUT2D eigenvalue weighted by atomic mass is 9.69. The van der Waals surface area contributed by atoms with Gasteiger partial charge in [0.15, 0.2) is 0 Å². The summed E-state index contributed by atoms with van der Waals surface area (Å²) in [6.45, 7) is 1.85. The number of nitrogens with one attached hydrogen (secondary N) is 1. The second-order valence-corrected chi connectivity index (χ2v) is 7.79. The van der Waals surface area contributed by atoms with Crippen LogP contribution in [0.15, 0.2) is 36.9 Å². The fraction of sp³-hybridized carbons (Fsp3) is 0.600. The smallest absolute Gasteiger partial charge is 0.137 e. The minimum Gasteiger partial charge on any atom is -0.311 e. The van der Waals surface area contributed by atoms with Crippen molar-refractivity contribution in [3.8, 4) is 0 Å². The first-order chi connectivity index (χ1) is 12.3. The Morgan fingerprint density at radius 2 is 1.92 bits per heavy atom. The molecule has 2 saturated carbocycles. The summed E-state index contributed by atoms with van der Waals surface area (Å²) in [5, 5.41) is 8.13. The molecular formula is C20H27FN4. The minimum atomic E-state index is -0.148. The molecule has 2 aromatic rings. The van der Waals surface area contributed by atoms with E-state index in [1.54, 1.807) is 24.8 Å². The first kappa shape index (κ1) is 16.7. The zero-order valence-electron chi connectivity index (χ0n) is 14.7. The third-order valence-electron chi connectivity index (χ3n) is 6.01. The number of rotatable bonds is 7. The minimum absolute atomic E-state index is 0.140. The standard InChI is InChI=1S/C20H27FN4/c21-18-8-6-17(7-9-18)20(10-2-1-3-11-20)13-23-19(16-4-5-16)12-25-15-22-14-24-25/h6-9,14-16,19,23H,1-5,10-13H2. The monoisotopic (exact) mass is 342 g/mol. The van der Waals surface area contributed by atoms with E-state index in [4.69, 9.17) is 0 Å². The molecule has 4 nitrogen and oxygen atoms in total. The van der Waals surface area contributed by atoms with Crippen molar-refractivity contribution in [3.63, 3.8) is 0 Å². The zero-order valence-corrected chi connectivity index (χ0v) is 14.7. The van der Waals surface area contributed by atoms with E-state index in [9.17, 15) is 4.39 Å². The van der Waals surface area contributed by atoms with Gasteiger partial charge in [0.05, 0.1) is 6.54 Å². The summed E-state index contributed by atoms with van der Waals surface area (Å²) >= 11 is 0. The van der Waals surface area contributed by atoms with Gasteiger partial charge in [-0.1, -0.05) is 31.4 Å². The summed E-state index contributed by atoms with van der Waals surface area (Å²) in [4.78, 5) is 4.06. The molecule has 0 radical (unpaired) electrons. The van der Waals surface area contributed by atoms with Crippen molar-refractivity contribution in [3.05, 3.63) is 48.3 Å². The van der Waals surface area contributed by atoms with E-state index in [2.05, 4.69) is 15.4 Å². The molecule has 4 rings (SSSR count). The van der Waals surface area contributed by atoms with Gasteiger partial charge in [-0.15, -0.1) is 0 Å². The molecule has 1 aromatic carbocycles. The number of aromatic nitrogens is 3. The molecule has 1 aromatic heterocycles. The fourth-order valence-electron chi connectivity index (χ4n) is 4.33. The van der Waals surface area contributed by atoms with E-state index in [0.717, 1.165) is 19.0 Å². The summed E-state index contributed by atoms with van der Waals surface area (Å²) in [5.41, 5.74) is 1.43. The molecule has 0 bridgehead atoms. The number of hydrogen-bond acceptors (Lipinski definition) is 3. The van der Waals surface area contributed by atoms with Crippen LogP contribution < -0.4 is 5.32 Å². The Morgan fingerprint density at radius 1 is 1.16 bits per heavy atom. The Balaban J connectivity index is 1.49. The van der Waals surface area contributed by atoms with E-state index in [1.165, 1.54) is 50.5 Å². The number of halogens is 1. The van der Waals surface area contributed by atoms with Crippen LogP contribution in [0.3, 0.4) is 0 Å². The lowest BCUT2D eigenvalue weighted by Crippen LogP contribution is -2.46. The van der Waals surface area contributed by atoms with Gasteiger partial charge in [0, 0.05) is 18.0 Å². The summed E-state index contributed by atoms with van der Waals surface area (Å²) in [6.07, 6.45) is 12.2. The van der Waals surface area contributed by atoms with Crippen LogP contribution in [0, 0.1) is 11.7 Å². The van der Waals surface area contributed by atoms with Gasteiger partial charge in [-0.05, 0) is 49.3 Å². The molecule has 0 saturated heterocycles. The second-order valence-electron chi connectivity index (χ2n) is 7.79. The molecule has 1 heterocycles. The van der Waals surface area contributed by atoms with Gasteiger partial charge >= 0.3 is 0 Å². The molecule has 0 amide bonds. The third kappa shape index (κ3) is 3.92. The first-order valence-electron chi connectivity index (χ1n) is 9.57. The molecule has 1 unspecified atom stereocenters. The molecule has 0 aliphatic heterocycles. The molecule has 2 aliphatic carbocycles. The maximum absolute atomic E-state index is 13.4. The Hall–Kier alpha value is -1.75. The third-order valence-corrected chi connectivity index (χ3v) is 6.01. The predicted molar refractivity (Wildman–Crippen MR) is 95.7 cm³/mol. The van der Waals surface area contributed by atoms with Gasteiger partial charge in [-0.25, -0.2) is 9.37 Å². The van der Waals surface area contributed by atoms with Crippen LogP contribution in [0.25, 0.3) is 0 Å². The molecule has 2 aliphatic rings. The lowest BCUT2D eigenvalue weighted by molar-refractivity contribution is 0.255. The highest BCUT2D eigenvalue weighted by Crippen LogP contribution is 2.40. The average molecular weight is 342 g/mol. The van der Waals surface area contributed by atoms with Crippen molar-refractivity contribution >= 4 is 0 Å². The van der Waals surface area contributed by atoms with Crippen molar-refractivity contribution < 1.29 is 4.39 Å². The van der Waals surface area contributed by atoms with Crippen LogP contribution in [0.4, 0.5) is 4.39 Å². The van der Waals surface area contributed by atoms with Crippen molar-refractivity contribution in [2.45, 2.75) is 62.9 Å². The Kier molecular flexibility index (Phi) is 4.84. The predicted octanol–water partition coefficient (Wildman–Crippen LogP) is 3.69. The summed E-state index contributed by atoms with van der Waals surface area (Å²) in [6, 6.07) is 7.65. The SMILES string of the molecule is Fc1ccc(C2(CNC(Cn3cncn3)C3CC3)CCCCC2)cc1. The van der Waals surface area contributed by atoms with E-state index in [0.29, 0.717) is 6.04 Å². The van der Waals surface area contributed by atoms with Crippen molar-refractivity contribution in [1.82, 2.24) is 20.1 Å². The summed E-state index contributed by atoms with van der Waals surface area (Å²) in [7, 11) is 0. The first-order valence-corrected chi connectivity index (χ1v) is 9.57. The van der Waals surface area contributed by atoms with Crippen LogP contribution in [-0.2, 0) is 12.0 Å². The Morgan fingerprint density at radius 3 is 2.56 bits per heavy atom. The highest BCUT2D eigenvalue weighted by atomic mass is 19.1. The zero-order chi connectivity index (χ0) is 17.1. The molecule has 1 atom stereocenters. The Labute approximate surface area is 148 Å². The van der Waals surface area contributed by atoms with Gasteiger partial charge in [-0.2, -0.15) is 5.10 Å². The molecule has 25 heavy (non-hydrogen) atoms. The van der Waals surface area contributed by atoms with Gasteiger partial charge in [0.2, 0.25) is 0 Å². The topological polar surface area (TPSA) is 42.7 Å². The summed E-state index contributed by atoms with van der Waals surface area (Å²) < 4.78 is 15.3. The maximum Gasteiger partial charge on any atom is 0.137 e. The van der Waals surface area contributed by atoms with Crippen LogP contribution in [0.2, 0.25) is 0 Å². The van der Waals surface area contributed by atoms with Gasteiger partial charge < -0.3 is 5.32 Å². The van der Waals surface area contributed by atoms with E-state index in [-0.39, 0.29) is 11.2 Å². The summed E-state index contributed by atoms with van der Waals surface area (Å²) in [5.74, 6) is 0.600. The van der Waals surface area contributed by atoms with Crippen molar-refractivity contribution in [1.29, 1.82) is 0 Å². The van der Waals surface area contributed by atoms with Crippen LogP contribution in [0.1, 0.15) is 50.5 Å². The highest BCUT2D eigenvalue weighted by molar-refractivity contribution is 5.27. The number of benzene rings is 1. The fourth-order valence-corrected chi connectivity index (χ4v) is 4.33. The molecule has 2 fully saturated rings. The van der Waals surface area contributed by atoms with E-state index >= 15 is 0 Å². The van der Waals surface area contributed by atoms with E-state index < -0.39 is 0 Å². The highest BCUT2D eigenvalue weighted by Gasteiger charge is 2.37. The van der Waals surface area contributed by atoms with Crippen molar-refractivity contribution in [2.75, 3.05) is 6.54 Å². The number of nitrogens with zero attached hydrogens (tertiary/aromatic N) is 3.